The van der Waals surface area contributed by atoms with Gasteiger partial charge in [0.1, 0.15) is 11.9 Å². The number of unbranched alkanes of at least 4 members (excludes halogenated alkanes) is 4. The zero-order valence-corrected chi connectivity index (χ0v) is 16.9. The van der Waals surface area contributed by atoms with Crippen molar-refractivity contribution in [3.63, 3.8) is 0 Å². The van der Waals surface area contributed by atoms with E-state index in [-0.39, 0.29) is 12.1 Å². The van der Waals surface area contributed by atoms with Crippen molar-refractivity contribution in [2.75, 3.05) is 6.61 Å². The average Bonchev–Trinajstić information content (AvgIpc) is 2.69. The summed E-state index contributed by atoms with van der Waals surface area (Å²) in [6.07, 6.45) is 5.98. The Hall–Kier alpha value is -2.29. The van der Waals surface area contributed by atoms with Gasteiger partial charge < -0.3 is 9.47 Å². The lowest BCUT2D eigenvalue weighted by Gasteiger charge is -2.14. The Morgan fingerprint density at radius 2 is 1.44 bits per heavy atom. The second-order valence-corrected chi connectivity index (χ2v) is 6.88. The fraction of sp³-hybridized carbons (Fsp3) is 0.458. The van der Waals surface area contributed by atoms with E-state index in [4.69, 9.17) is 9.47 Å². The first-order valence-corrected chi connectivity index (χ1v) is 10.2. The second-order valence-electron chi connectivity index (χ2n) is 6.88. The molecular weight excluding hydrogens is 336 g/mol. The molecular formula is C24H32O3. The Balaban J connectivity index is 1.85. The van der Waals surface area contributed by atoms with Crippen LogP contribution >= 0.6 is 0 Å². The van der Waals surface area contributed by atoms with E-state index >= 15 is 0 Å². The van der Waals surface area contributed by atoms with Crippen molar-refractivity contribution in [1.29, 1.82) is 0 Å². The number of ether oxygens (including phenoxy) is 2. The van der Waals surface area contributed by atoms with Gasteiger partial charge in [-0.05, 0) is 49.1 Å². The molecule has 146 valence electrons. The molecule has 2 aromatic carbocycles. The summed E-state index contributed by atoms with van der Waals surface area (Å²) in [5.41, 5.74) is 3.29. The van der Waals surface area contributed by atoms with Gasteiger partial charge in [-0.3, -0.25) is 4.79 Å². The maximum absolute atomic E-state index is 12.0. The highest BCUT2D eigenvalue weighted by atomic mass is 16.5. The molecule has 0 saturated heterocycles. The number of hydrogen-bond acceptors (Lipinski definition) is 3. The monoisotopic (exact) mass is 368 g/mol. The average molecular weight is 369 g/mol. The van der Waals surface area contributed by atoms with Crippen molar-refractivity contribution in [3.05, 3.63) is 54.1 Å². The van der Waals surface area contributed by atoms with Crippen LogP contribution in [0.15, 0.2) is 48.5 Å². The van der Waals surface area contributed by atoms with E-state index in [0.717, 1.165) is 35.3 Å². The molecule has 0 heterocycles. The lowest BCUT2D eigenvalue weighted by Crippen LogP contribution is -2.08. The van der Waals surface area contributed by atoms with Crippen LogP contribution in [0.25, 0.3) is 11.1 Å². The largest absolute Gasteiger partial charge is 0.494 e. The van der Waals surface area contributed by atoms with Crippen LogP contribution < -0.4 is 4.74 Å². The molecule has 0 saturated carbocycles. The van der Waals surface area contributed by atoms with Gasteiger partial charge in [-0.2, -0.15) is 0 Å². The predicted molar refractivity (Wildman–Crippen MR) is 111 cm³/mol. The minimum atomic E-state index is -0.220. The normalized spacial score (nSPS) is 11.8. The van der Waals surface area contributed by atoms with E-state index in [0.29, 0.717) is 13.0 Å². The Labute approximate surface area is 163 Å². The van der Waals surface area contributed by atoms with E-state index in [2.05, 4.69) is 31.2 Å². The molecule has 2 aromatic rings. The second kappa shape index (κ2) is 11.4. The molecule has 2 rings (SSSR count). The molecule has 0 aliphatic heterocycles. The number of carbonyl (C=O) groups is 1. The summed E-state index contributed by atoms with van der Waals surface area (Å²) in [6, 6.07) is 16.3. The molecule has 0 N–H and O–H groups in total. The molecule has 0 amide bonds. The van der Waals surface area contributed by atoms with Crippen molar-refractivity contribution < 1.29 is 14.3 Å². The molecule has 0 aliphatic carbocycles. The number of carbonyl (C=O) groups excluding carboxylic acids is 1. The standard InChI is InChI=1S/C24H32O3/c1-4-6-7-8-9-10-24(25)27-19(3)20-11-13-21(14-12-20)22-15-17-23(18-16-22)26-5-2/h11-19H,4-10H2,1-3H3. The van der Waals surface area contributed by atoms with E-state index in [9.17, 15) is 4.79 Å². The molecule has 27 heavy (non-hydrogen) atoms. The molecule has 0 aliphatic rings. The molecule has 0 spiro atoms. The van der Waals surface area contributed by atoms with Crippen LogP contribution in [-0.2, 0) is 9.53 Å². The van der Waals surface area contributed by atoms with Gasteiger partial charge in [0.2, 0.25) is 0 Å². The number of hydrogen-bond donors (Lipinski definition) is 0. The first-order valence-electron chi connectivity index (χ1n) is 10.2. The highest BCUT2D eigenvalue weighted by Crippen LogP contribution is 2.25. The van der Waals surface area contributed by atoms with Gasteiger partial charge >= 0.3 is 5.97 Å². The summed E-state index contributed by atoms with van der Waals surface area (Å²) in [7, 11) is 0. The van der Waals surface area contributed by atoms with Crippen molar-refractivity contribution in [2.24, 2.45) is 0 Å². The van der Waals surface area contributed by atoms with Crippen molar-refractivity contribution in [1.82, 2.24) is 0 Å². The quantitative estimate of drug-likeness (QED) is 0.326. The van der Waals surface area contributed by atoms with Crippen LogP contribution in [0.3, 0.4) is 0 Å². The third-order valence-electron chi connectivity index (χ3n) is 4.67. The molecule has 0 fully saturated rings. The van der Waals surface area contributed by atoms with Crippen LogP contribution in [-0.4, -0.2) is 12.6 Å². The van der Waals surface area contributed by atoms with E-state index in [1.807, 2.05) is 38.1 Å². The van der Waals surface area contributed by atoms with Crippen LogP contribution in [0.2, 0.25) is 0 Å². The maximum atomic E-state index is 12.0. The van der Waals surface area contributed by atoms with E-state index in [1.54, 1.807) is 0 Å². The van der Waals surface area contributed by atoms with E-state index < -0.39 is 0 Å². The lowest BCUT2D eigenvalue weighted by molar-refractivity contribution is -0.148. The summed E-state index contributed by atoms with van der Waals surface area (Å²) < 4.78 is 11.1. The lowest BCUT2D eigenvalue weighted by atomic mass is 10.0. The Morgan fingerprint density at radius 1 is 0.852 bits per heavy atom. The molecule has 0 radical (unpaired) electrons. The number of benzene rings is 2. The highest BCUT2D eigenvalue weighted by Gasteiger charge is 2.11. The van der Waals surface area contributed by atoms with Gasteiger partial charge in [-0.15, -0.1) is 0 Å². The summed E-state index contributed by atoms with van der Waals surface area (Å²) in [5.74, 6) is 0.780. The zero-order chi connectivity index (χ0) is 19.5. The third kappa shape index (κ3) is 7.09. The minimum Gasteiger partial charge on any atom is -0.494 e. The third-order valence-corrected chi connectivity index (χ3v) is 4.67. The smallest absolute Gasteiger partial charge is 0.306 e. The van der Waals surface area contributed by atoms with Gasteiger partial charge in [0, 0.05) is 6.42 Å². The van der Waals surface area contributed by atoms with Crippen LogP contribution in [0, 0.1) is 0 Å². The molecule has 0 bridgehead atoms. The van der Waals surface area contributed by atoms with Gasteiger partial charge in [0.05, 0.1) is 6.61 Å². The van der Waals surface area contributed by atoms with E-state index in [1.165, 1.54) is 19.3 Å². The molecule has 0 aromatic heterocycles. The van der Waals surface area contributed by atoms with Crippen molar-refractivity contribution in [2.45, 2.75) is 65.4 Å². The molecule has 3 nitrogen and oxygen atoms in total. The molecule has 1 atom stereocenters. The first-order chi connectivity index (χ1) is 13.1. The summed E-state index contributed by atoms with van der Waals surface area (Å²) in [4.78, 5) is 12.0. The van der Waals surface area contributed by atoms with Crippen LogP contribution in [0.4, 0.5) is 0 Å². The van der Waals surface area contributed by atoms with Crippen molar-refractivity contribution in [3.8, 4) is 16.9 Å². The van der Waals surface area contributed by atoms with Gasteiger partial charge in [0.25, 0.3) is 0 Å². The summed E-state index contributed by atoms with van der Waals surface area (Å²) in [5, 5.41) is 0. The summed E-state index contributed by atoms with van der Waals surface area (Å²) in [6.45, 7) is 6.77. The minimum absolute atomic E-state index is 0.102. The predicted octanol–water partition coefficient (Wildman–Crippen LogP) is 6.72. The van der Waals surface area contributed by atoms with Crippen LogP contribution in [0.1, 0.15) is 71.0 Å². The Kier molecular flexibility index (Phi) is 8.90. The fourth-order valence-electron chi connectivity index (χ4n) is 3.05. The highest BCUT2D eigenvalue weighted by molar-refractivity contribution is 5.69. The molecule has 3 heteroatoms. The number of rotatable bonds is 11. The van der Waals surface area contributed by atoms with Crippen LogP contribution in [0.5, 0.6) is 5.75 Å². The fourth-order valence-corrected chi connectivity index (χ4v) is 3.05. The Bertz CT molecular complexity index is 674. The summed E-state index contributed by atoms with van der Waals surface area (Å²) >= 11 is 0. The van der Waals surface area contributed by atoms with Gasteiger partial charge in [0.15, 0.2) is 0 Å². The molecule has 1 unspecified atom stereocenters. The zero-order valence-electron chi connectivity index (χ0n) is 16.9. The first kappa shape index (κ1) is 21.0. The van der Waals surface area contributed by atoms with Crippen molar-refractivity contribution >= 4 is 5.97 Å². The van der Waals surface area contributed by atoms with Gasteiger partial charge in [-0.1, -0.05) is 69.0 Å². The number of esters is 1. The topological polar surface area (TPSA) is 35.5 Å². The Morgan fingerprint density at radius 3 is 2.04 bits per heavy atom. The SMILES string of the molecule is CCCCCCCC(=O)OC(C)c1ccc(-c2ccc(OCC)cc2)cc1. The van der Waals surface area contributed by atoms with Gasteiger partial charge in [-0.25, -0.2) is 0 Å². The maximum Gasteiger partial charge on any atom is 0.306 e.